The van der Waals surface area contributed by atoms with E-state index in [4.69, 9.17) is 23.8 Å². The van der Waals surface area contributed by atoms with Crippen LogP contribution in [0.5, 0.6) is 11.5 Å². The Balaban J connectivity index is 1.75. The molecule has 0 aliphatic rings. The van der Waals surface area contributed by atoms with Crippen molar-refractivity contribution in [2.75, 3.05) is 40.2 Å². The second kappa shape index (κ2) is 19.9. The molecule has 0 saturated heterocycles. The predicted octanol–water partition coefficient (Wildman–Crippen LogP) is 8.18. The Kier molecular flexibility index (Phi) is 16.3. The highest BCUT2D eigenvalue weighted by Crippen LogP contribution is 2.46. The van der Waals surface area contributed by atoms with Crippen LogP contribution >= 0.6 is 8.53 Å². The highest BCUT2D eigenvalue weighted by molar-refractivity contribution is 7.84. The first kappa shape index (κ1) is 38.6. The number of rotatable bonds is 21. The summed E-state index contributed by atoms with van der Waals surface area (Å²) in [6.45, 7) is 10.4. The molecule has 0 bridgehead atoms. The summed E-state index contributed by atoms with van der Waals surface area (Å²) in [6, 6.07) is 27.2. The second-order valence-electron chi connectivity index (χ2n) is 11.9. The molecule has 1 unspecified atom stereocenters. The molecule has 0 heterocycles. The van der Waals surface area contributed by atoms with Crippen LogP contribution in [0, 0.1) is 11.3 Å². The number of methoxy groups -OCH3 is 2. The van der Waals surface area contributed by atoms with E-state index < -0.39 is 24.9 Å². The van der Waals surface area contributed by atoms with Crippen molar-refractivity contribution in [2.45, 2.75) is 82.3 Å². The van der Waals surface area contributed by atoms with E-state index in [0.29, 0.717) is 19.6 Å². The number of ether oxygens (including phenoxy) is 2. The molecule has 0 aliphatic carbocycles. The summed E-state index contributed by atoms with van der Waals surface area (Å²) in [5.74, 6) is 1.58. The molecule has 3 aromatic carbocycles. The lowest BCUT2D eigenvalue weighted by Gasteiger charge is -2.37. The van der Waals surface area contributed by atoms with Gasteiger partial charge in [0.05, 0.1) is 45.5 Å². The van der Waals surface area contributed by atoms with Gasteiger partial charge in [0, 0.05) is 34.0 Å². The van der Waals surface area contributed by atoms with E-state index in [1.165, 1.54) is 0 Å². The van der Waals surface area contributed by atoms with Gasteiger partial charge < -0.3 is 18.5 Å². The van der Waals surface area contributed by atoms with Gasteiger partial charge in [-0.15, -0.1) is 0 Å². The van der Waals surface area contributed by atoms with Crippen molar-refractivity contribution in [2.24, 2.45) is 0 Å². The third-order valence-corrected chi connectivity index (χ3v) is 11.0. The van der Waals surface area contributed by atoms with Crippen molar-refractivity contribution in [1.82, 2.24) is 9.99 Å². The van der Waals surface area contributed by atoms with E-state index in [0.717, 1.165) is 65.3 Å². The Bertz CT molecular complexity index is 1340. The predicted molar refractivity (Wildman–Crippen MR) is 192 cm³/mol. The topological polar surface area (TPSA) is 93.1 Å². The van der Waals surface area contributed by atoms with Crippen LogP contribution in [0.3, 0.4) is 0 Å². The zero-order chi connectivity index (χ0) is 34.2. The summed E-state index contributed by atoms with van der Waals surface area (Å²) in [4.78, 5) is 0.790. The zero-order valence-corrected chi connectivity index (χ0v) is 30.7. The number of nitrogens with zero attached hydrogens (tertiary/aromatic N) is 2. The number of hydrogen-bond donors (Lipinski definition) is 1. The zero-order valence-electron chi connectivity index (χ0n) is 29.0. The molecule has 47 heavy (non-hydrogen) atoms. The van der Waals surface area contributed by atoms with Crippen molar-refractivity contribution in [3.05, 3.63) is 89.5 Å². The number of unbranched alkanes of at least 4 members (excludes halogenated alkanes) is 3. The minimum absolute atomic E-state index is 0.284. The van der Waals surface area contributed by atoms with Gasteiger partial charge in [0.2, 0.25) is 0 Å². The summed E-state index contributed by atoms with van der Waals surface area (Å²) in [5, 5.41) is 12.9. The minimum atomic E-state index is -1.22. The van der Waals surface area contributed by atoms with Crippen LogP contribution in [0.15, 0.2) is 77.7 Å². The van der Waals surface area contributed by atoms with Crippen LogP contribution in [0.4, 0.5) is 0 Å². The Labute approximate surface area is 286 Å². The van der Waals surface area contributed by atoms with Crippen LogP contribution in [0.25, 0.3) is 0 Å². The lowest BCUT2D eigenvalue weighted by atomic mass is 9.76. The molecule has 3 rings (SSSR count). The van der Waals surface area contributed by atoms with Crippen LogP contribution < -0.4 is 14.8 Å². The van der Waals surface area contributed by atoms with E-state index >= 15 is 0 Å². The molecule has 0 fully saturated rings. The Morgan fingerprint density at radius 2 is 1.23 bits per heavy atom. The second-order valence-corrected chi connectivity index (χ2v) is 14.7. The molecule has 2 atom stereocenters. The van der Waals surface area contributed by atoms with Crippen molar-refractivity contribution in [1.29, 1.82) is 5.26 Å². The first-order valence-corrected chi connectivity index (χ1v) is 19.1. The van der Waals surface area contributed by atoms with Gasteiger partial charge >= 0.3 is 0 Å². The van der Waals surface area contributed by atoms with E-state index in [2.05, 4.69) is 80.1 Å². The van der Waals surface area contributed by atoms with Gasteiger partial charge in [0.15, 0.2) is 0 Å². The summed E-state index contributed by atoms with van der Waals surface area (Å²) in [6.07, 6.45) is 6.03. The average molecular weight is 682 g/mol. The normalized spacial score (nSPS) is 13.1. The molecule has 8 nitrogen and oxygen atoms in total. The van der Waals surface area contributed by atoms with Crippen molar-refractivity contribution in [3.63, 3.8) is 0 Å². The molecule has 1 N–H and O–H groups in total. The number of nitrogens with one attached hydrogen (secondary N) is 1. The molecule has 0 spiro atoms. The fraction of sp³-hybridized carbons (Fsp3) is 0.486. The SMILES string of the molecule is COc1ccc(C(NCCCCCCOP(OCCC#N)N(C(C)C)C(C)C)(c2ccc(OC)cc2)c2ccc([S@](C)=O)cc2)cc1. The maximum absolute atomic E-state index is 12.2. The first-order chi connectivity index (χ1) is 22.7. The first-order valence-electron chi connectivity index (χ1n) is 16.4. The fourth-order valence-corrected chi connectivity index (χ4v) is 7.84. The van der Waals surface area contributed by atoms with E-state index in [9.17, 15) is 4.21 Å². The summed E-state index contributed by atoms with van der Waals surface area (Å²) in [7, 11) is 1.06. The Morgan fingerprint density at radius 3 is 1.68 bits per heavy atom. The molecule has 3 aromatic rings. The number of hydrogen-bond acceptors (Lipinski definition) is 8. The quantitative estimate of drug-likeness (QED) is 0.0684. The molecule has 0 aliphatic heterocycles. The molecule has 0 aromatic heterocycles. The van der Waals surface area contributed by atoms with Gasteiger partial charge in [0.1, 0.15) is 11.5 Å². The van der Waals surface area contributed by atoms with Gasteiger partial charge in [-0.1, -0.05) is 49.2 Å². The van der Waals surface area contributed by atoms with Crippen LogP contribution in [-0.2, 0) is 25.4 Å². The van der Waals surface area contributed by atoms with Crippen molar-refractivity contribution in [3.8, 4) is 17.6 Å². The van der Waals surface area contributed by atoms with Gasteiger partial charge in [-0.3, -0.25) is 9.53 Å². The molecular formula is C37H52N3O5PS. The van der Waals surface area contributed by atoms with Gasteiger partial charge in [0.25, 0.3) is 8.53 Å². The highest BCUT2D eigenvalue weighted by atomic mass is 32.2. The largest absolute Gasteiger partial charge is 0.497 e. The number of nitriles is 1. The lowest BCUT2D eigenvalue weighted by Crippen LogP contribution is -2.45. The maximum atomic E-state index is 12.2. The lowest BCUT2D eigenvalue weighted by molar-refractivity contribution is 0.174. The van der Waals surface area contributed by atoms with Crippen molar-refractivity contribution < 1.29 is 22.7 Å². The Hall–Kier alpha value is -2.83. The molecular weight excluding hydrogens is 629 g/mol. The van der Waals surface area contributed by atoms with E-state index in [1.807, 2.05) is 36.4 Å². The van der Waals surface area contributed by atoms with Gasteiger partial charge in [-0.05, 0) is 100 Å². The molecule has 0 radical (unpaired) electrons. The standard InChI is InChI=1S/C37H52N3O5PS/c1-29(2)40(30(3)4)46(45-28-12-25-38)44-27-11-9-8-10-26-39-37(31-13-19-34(42-5)20-14-31,32-15-21-35(43-6)22-16-32)33-17-23-36(24-18-33)47(7)41/h13-24,29-30,39H,8-12,26-28H2,1-7H3/t46?,47-/m0/s1. The highest BCUT2D eigenvalue weighted by Gasteiger charge is 2.36. The van der Waals surface area contributed by atoms with Crippen molar-refractivity contribution >= 4 is 19.3 Å². The maximum Gasteiger partial charge on any atom is 0.259 e. The summed E-state index contributed by atoms with van der Waals surface area (Å²) >= 11 is 0. The molecule has 0 amide bonds. The van der Waals surface area contributed by atoms with Crippen LogP contribution in [0.1, 0.15) is 76.5 Å². The van der Waals surface area contributed by atoms with Crippen LogP contribution in [0.2, 0.25) is 0 Å². The van der Waals surface area contributed by atoms with Crippen LogP contribution in [-0.4, -0.2) is 61.2 Å². The molecule has 10 heteroatoms. The summed E-state index contributed by atoms with van der Waals surface area (Å²) < 4.78 is 37.8. The smallest absolute Gasteiger partial charge is 0.259 e. The van der Waals surface area contributed by atoms with E-state index in [-0.39, 0.29) is 12.1 Å². The van der Waals surface area contributed by atoms with E-state index in [1.54, 1.807) is 20.5 Å². The Morgan fingerprint density at radius 1 is 0.766 bits per heavy atom. The third-order valence-electron chi connectivity index (χ3n) is 7.99. The average Bonchev–Trinajstić information content (AvgIpc) is 3.07. The summed E-state index contributed by atoms with van der Waals surface area (Å²) in [5.41, 5.74) is 2.54. The van der Waals surface area contributed by atoms with Gasteiger partial charge in [-0.25, -0.2) is 4.67 Å². The minimum Gasteiger partial charge on any atom is -0.497 e. The molecule has 256 valence electrons. The monoisotopic (exact) mass is 681 g/mol. The fourth-order valence-electron chi connectivity index (χ4n) is 5.70. The van der Waals surface area contributed by atoms with Gasteiger partial charge in [-0.2, -0.15) is 5.26 Å². The molecule has 0 saturated carbocycles. The number of benzene rings is 3. The third kappa shape index (κ3) is 10.8.